The first-order valence-corrected chi connectivity index (χ1v) is 10.2. The molecule has 2 aromatic heterocycles. The first-order chi connectivity index (χ1) is 14.0. The van der Waals surface area contributed by atoms with Gasteiger partial charge in [0.05, 0.1) is 23.2 Å². The van der Waals surface area contributed by atoms with Crippen LogP contribution < -0.4 is 15.6 Å². The van der Waals surface area contributed by atoms with Crippen LogP contribution in [0.4, 0.5) is 5.69 Å². The van der Waals surface area contributed by atoms with Gasteiger partial charge in [-0.3, -0.25) is 14.3 Å². The van der Waals surface area contributed by atoms with Gasteiger partial charge in [-0.2, -0.15) is 5.10 Å². The predicted octanol–water partition coefficient (Wildman–Crippen LogP) is 4.27. The first kappa shape index (κ1) is 19.2. The highest BCUT2D eigenvalue weighted by atomic mass is 16.5. The van der Waals surface area contributed by atoms with Gasteiger partial charge in [0.25, 0.3) is 11.5 Å². The van der Waals surface area contributed by atoms with Crippen LogP contribution in [0.15, 0.2) is 41.5 Å². The van der Waals surface area contributed by atoms with Crippen molar-refractivity contribution in [2.75, 3.05) is 5.32 Å². The van der Waals surface area contributed by atoms with Crippen molar-refractivity contribution in [3.63, 3.8) is 0 Å². The number of carbonyl (C=O) groups excluding carboxylic acids is 1. The van der Waals surface area contributed by atoms with E-state index in [1.807, 2.05) is 30.8 Å². The summed E-state index contributed by atoms with van der Waals surface area (Å²) in [6.45, 7) is 3.82. The lowest BCUT2D eigenvalue weighted by Gasteiger charge is -2.21. The Morgan fingerprint density at radius 3 is 2.79 bits per heavy atom. The molecule has 1 amide bonds. The predicted molar refractivity (Wildman–Crippen MR) is 113 cm³/mol. The van der Waals surface area contributed by atoms with Crippen LogP contribution in [-0.2, 0) is 0 Å². The van der Waals surface area contributed by atoms with Crippen molar-refractivity contribution in [1.82, 2.24) is 14.8 Å². The van der Waals surface area contributed by atoms with Gasteiger partial charge in [0, 0.05) is 23.8 Å². The molecule has 2 N–H and O–H groups in total. The molecular formula is C22H26N4O3. The number of nitrogens with zero attached hydrogens (tertiary/aromatic N) is 2. The van der Waals surface area contributed by atoms with Crippen LogP contribution in [0.25, 0.3) is 10.9 Å². The summed E-state index contributed by atoms with van der Waals surface area (Å²) >= 11 is 0. The van der Waals surface area contributed by atoms with Gasteiger partial charge in [0.15, 0.2) is 0 Å². The van der Waals surface area contributed by atoms with Gasteiger partial charge >= 0.3 is 0 Å². The molecule has 0 aliphatic heterocycles. The number of nitrogens with one attached hydrogen (secondary N) is 2. The second kappa shape index (κ2) is 8.11. The van der Waals surface area contributed by atoms with E-state index in [4.69, 9.17) is 9.84 Å². The van der Waals surface area contributed by atoms with Crippen molar-refractivity contribution >= 4 is 22.5 Å². The normalized spacial score (nSPS) is 15.0. The molecule has 0 radical (unpaired) electrons. The molecule has 1 saturated carbocycles. The molecule has 4 rings (SSSR count). The van der Waals surface area contributed by atoms with Gasteiger partial charge in [-0.05, 0) is 44.9 Å². The van der Waals surface area contributed by atoms with Crippen LogP contribution >= 0.6 is 0 Å². The number of aromatic amines is 1. The van der Waals surface area contributed by atoms with E-state index in [1.165, 1.54) is 25.5 Å². The molecule has 1 aliphatic rings. The standard InChI is InChI=1S/C22H26N4O3/c1-14(2)29-20-12-19-15(13-26(25-19)16-7-4-3-5-8-16)11-17(20)21(27)24-18-9-6-10-23-22(18)28/h6,9-14,16H,3-5,7-8H2,1-2H3,(H,23,28)(H,24,27). The maximum atomic E-state index is 12.9. The van der Waals surface area contributed by atoms with Crippen molar-refractivity contribution < 1.29 is 9.53 Å². The van der Waals surface area contributed by atoms with Gasteiger partial charge in [0.2, 0.25) is 0 Å². The molecule has 29 heavy (non-hydrogen) atoms. The monoisotopic (exact) mass is 394 g/mol. The summed E-state index contributed by atoms with van der Waals surface area (Å²) in [5.74, 6) is 0.0796. The zero-order valence-corrected chi connectivity index (χ0v) is 16.8. The molecular weight excluding hydrogens is 368 g/mol. The number of hydrogen-bond donors (Lipinski definition) is 2. The summed E-state index contributed by atoms with van der Waals surface area (Å²) in [4.78, 5) is 27.4. The molecule has 0 spiro atoms. The number of ether oxygens (including phenoxy) is 1. The number of pyridine rings is 1. The minimum absolute atomic E-state index is 0.0976. The Balaban J connectivity index is 1.71. The SMILES string of the molecule is CC(C)Oc1cc2nn(C3CCCCC3)cc2cc1C(=O)Nc1ccc[nH]c1=O. The Kier molecular flexibility index (Phi) is 5.38. The number of amides is 1. The molecule has 1 aliphatic carbocycles. The molecule has 7 heteroatoms. The number of benzene rings is 1. The topological polar surface area (TPSA) is 89.0 Å². The second-order valence-corrected chi connectivity index (χ2v) is 7.84. The van der Waals surface area contributed by atoms with Gasteiger partial charge in [-0.1, -0.05) is 19.3 Å². The van der Waals surface area contributed by atoms with Crippen molar-refractivity contribution in [2.24, 2.45) is 0 Å². The minimum atomic E-state index is -0.385. The van der Waals surface area contributed by atoms with E-state index in [-0.39, 0.29) is 23.3 Å². The first-order valence-electron chi connectivity index (χ1n) is 10.2. The van der Waals surface area contributed by atoms with E-state index in [0.717, 1.165) is 23.7 Å². The number of aromatic nitrogens is 3. The maximum Gasteiger partial charge on any atom is 0.271 e. The van der Waals surface area contributed by atoms with Crippen molar-refractivity contribution in [2.45, 2.75) is 58.1 Å². The summed E-state index contributed by atoms with van der Waals surface area (Å²) in [6.07, 6.45) is 9.43. The number of fused-ring (bicyclic) bond motifs is 1. The Bertz CT molecular complexity index is 1080. The molecule has 0 atom stereocenters. The zero-order valence-electron chi connectivity index (χ0n) is 16.8. The Morgan fingerprint density at radius 1 is 1.28 bits per heavy atom. The molecule has 2 heterocycles. The Morgan fingerprint density at radius 2 is 2.07 bits per heavy atom. The maximum absolute atomic E-state index is 12.9. The second-order valence-electron chi connectivity index (χ2n) is 7.84. The third kappa shape index (κ3) is 4.18. The fraction of sp³-hybridized carbons (Fsp3) is 0.409. The fourth-order valence-corrected chi connectivity index (χ4v) is 3.84. The smallest absolute Gasteiger partial charge is 0.271 e. The van der Waals surface area contributed by atoms with E-state index in [1.54, 1.807) is 18.2 Å². The molecule has 0 saturated heterocycles. The fourth-order valence-electron chi connectivity index (χ4n) is 3.84. The minimum Gasteiger partial charge on any atom is -0.490 e. The van der Waals surface area contributed by atoms with Crippen LogP contribution in [0, 0.1) is 0 Å². The molecule has 1 fully saturated rings. The lowest BCUT2D eigenvalue weighted by molar-refractivity contribution is 0.102. The van der Waals surface area contributed by atoms with Gasteiger partial charge in [0.1, 0.15) is 11.4 Å². The summed E-state index contributed by atoms with van der Waals surface area (Å²) < 4.78 is 7.94. The number of H-pyrrole nitrogens is 1. The zero-order chi connectivity index (χ0) is 20.4. The van der Waals surface area contributed by atoms with Gasteiger partial charge < -0.3 is 15.0 Å². The van der Waals surface area contributed by atoms with E-state index in [2.05, 4.69) is 10.3 Å². The van der Waals surface area contributed by atoms with E-state index >= 15 is 0 Å². The molecule has 7 nitrogen and oxygen atoms in total. The molecule has 0 bridgehead atoms. The van der Waals surface area contributed by atoms with Crippen LogP contribution in [0.1, 0.15) is 62.4 Å². The molecule has 3 aromatic rings. The lowest BCUT2D eigenvalue weighted by atomic mass is 9.96. The van der Waals surface area contributed by atoms with Crippen LogP contribution in [0.3, 0.4) is 0 Å². The van der Waals surface area contributed by atoms with Crippen molar-refractivity contribution in [1.29, 1.82) is 0 Å². The van der Waals surface area contributed by atoms with E-state index < -0.39 is 0 Å². The summed E-state index contributed by atoms with van der Waals surface area (Å²) in [6, 6.07) is 7.26. The van der Waals surface area contributed by atoms with Crippen LogP contribution in [-0.4, -0.2) is 26.8 Å². The third-order valence-electron chi connectivity index (χ3n) is 5.25. The summed E-state index contributed by atoms with van der Waals surface area (Å²) in [5.41, 5.74) is 1.04. The quantitative estimate of drug-likeness (QED) is 0.676. The molecule has 1 aromatic carbocycles. The highest BCUT2D eigenvalue weighted by Gasteiger charge is 2.20. The van der Waals surface area contributed by atoms with Gasteiger partial charge in [-0.25, -0.2) is 0 Å². The average Bonchev–Trinajstić information content (AvgIpc) is 3.12. The third-order valence-corrected chi connectivity index (χ3v) is 5.25. The highest BCUT2D eigenvalue weighted by molar-refractivity contribution is 6.08. The highest BCUT2D eigenvalue weighted by Crippen LogP contribution is 2.31. The number of anilines is 1. The number of rotatable bonds is 5. The average molecular weight is 394 g/mol. The Hall–Kier alpha value is -3.09. The van der Waals surface area contributed by atoms with E-state index in [0.29, 0.717) is 17.4 Å². The summed E-state index contributed by atoms with van der Waals surface area (Å²) in [5, 5.41) is 8.33. The number of hydrogen-bond acceptors (Lipinski definition) is 4. The Labute approximate surface area is 169 Å². The summed E-state index contributed by atoms with van der Waals surface area (Å²) in [7, 11) is 0. The molecule has 0 unspecified atom stereocenters. The van der Waals surface area contributed by atoms with Crippen molar-refractivity contribution in [3.05, 3.63) is 52.6 Å². The van der Waals surface area contributed by atoms with Crippen LogP contribution in [0.5, 0.6) is 5.75 Å². The van der Waals surface area contributed by atoms with Crippen molar-refractivity contribution in [3.8, 4) is 5.75 Å². The van der Waals surface area contributed by atoms with E-state index in [9.17, 15) is 9.59 Å². The molecule has 152 valence electrons. The number of carbonyl (C=O) groups is 1. The lowest BCUT2D eigenvalue weighted by Crippen LogP contribution is -2.20. The largest absolute Gasteiger partial charge is 0.490 e. The van der Waals surface area contributed by atoms with Crippen LogP contribution in [0.2, 0.25) is 0 Å². The van der Waals surface area contributed by atoms with Gasteiger partial charge in [-0.15, -0.1) is 0 Å².